The molecule has 0 aromatic heterocycles. The fraction of sp³-hybridized carbons (Fsp3) is 0.111. The zero-order valence-electron chi connectivity index (χ0n) is 11.3. The van der Waals surface area contributed by atoms with Gasteiger partial charge in [-0.3, -0.25) is 0 Å². The van der Waals surface area contributed by atoms with Crippen molar-refractivity contribution >= 4 is 16.5 Å². The fourth-order valence-corrected chi connectivity index (χ4v) is 2.53. The summed E-state index contributed by atoms with van der Waals surface area (Å²) < 4.78 is 13.2. The first-order valence-electron chi connectivity index (χ1n) is 6.74. The molecule has 1 nitrogen and oxygen atoms in total. The van der Waals surface area contributed by atoms with Gasteiger partial charge in [-0.15, -0.1) is 0 Å². The van der Waals surface area contributed by atoms with Gasteiger partial charge < -0.3 is 5.32 Å². The Morgan fingerprint density at radius 1 is 0.900 bits per heavy atom. The lowest BCUT2D eigenvalue weighted by Gasteiger charge is -2.18. The highest BCUT2D eigenvalue weighted by Crippen LogP contribution is 2.26. The third-order valence-electron chi connectivity index (χ3n) is 3.50. The summed E-state index contributed by atoms with van der Waals surface area (Å²) in [7, 11) is 0. The van der Waals surface area contributed by atoms with Crippen LogP contribution in [-0.2, 0) is 0 Å². The van der Waals surface area contributed by atoms with E-state index < -0.39 is 0 Å². The Kier molecular flexibility index (Phi) is 3.38. The minimum Gasteiger partial charge on any atom is -0.378 e. The quantitative estimate of drug-likeness (QED) is 0.690. The zero-order chi connectivity index (χ0) is 13.9. The SMILES string of the molecule is CC(Nc1cccc(F)c1)c1cccc2ccccc12. The van der Waals surface area contributed by atoms with Gasteiger partial charge in [0.2, 0.25) is 0 Å². The van der Waals surface area contributed by atoms with E-state index in [4.69, 9.17) is 0 Å². The third-order valence-corrected chi connectivity index (χ3v) is 3.50. The molecule has 0 saturated carbocycles. The van der Waals surface area contributed by atoms with Crippen LogP contribution in [0.15, 0.2) is 66.7 Å². The summed E-state index contributed by atoms with van der Waals surface area (Å²) in [5, 5.41) is 5.80. The maximum absolute atomic E-state index is 13.2. The smallest absolute Gasteiger partial charge is 0.125 e. The second kappa shape index (κ2) is 5.33. The molecule has 0 heterocycles. The molecule has 0 saturated heterocycles. The van der Waals surface area contributed by atoms with E-state index >= 15 is 0 Å². The zero-order valence-corrected chi connectivity index (χ0v) is 11.3. The fourth-order valence-electron chi connectivity index (χ4n) is 2.53. The first-order chi connectivity index (χ1) is 9.74. The average Bonchev–Trinajstić information content (AvgIpc) is 2.46. The molecule has 1 unspecified atom stereocenters. The summed E-state index contributed by atoms with van der Waals surface area (Å²) in [6.45, 7) is 2.09. The van der Waals surface area contributed by atoms with Crippen LogP contribution in [0.4, 0.5) is 10.1 Å². The normalized spacial score (nSPS) is 12.3. The number of fused-ring (bicyclic) bond motifs is 1. The minimum absolute atomic E-state index is 0.114. The monoisotopic (exact) mass is 265 g/mol. The number of anilines is 1. The molecule has 2 heteroatoms. The van der Waals surface area contributed by atoms with E-state index in [9.17, 15) is 4.39 Å². The average molecular weight is 265 g/mol. The molecular weight excluding hydrogens is 249 g/mol. The summed E-state index contributed by atoms with van der Waals surface area (Å²) in [6, 6.07) is 21.3. The number of benzene rings is 3. The Morgan fingerprint density at radius 3 is 2.50 bits per heavy atom. The maximum Gasteiger partial charge on any atom is 0.125 e. The van der Waals surface area contributed by atoms with Gasteiger partial charge in [-0.05, 0) is 41.5 Å². The summed E-state index contributed by atoms with van der Waals surface area (Å²) in [4.78, 5) is 0. The van der Waals surface area contributed by atoms with Gasteiger partial charge >= 0.3 is 0 Å². The molecule has 3 aromatic rings. The lowest BCUT2D eigenvalue weighted by Crippen LogP contribution is -2.07. The molecule has 0 amide bonds. The molecule has 20 heavy (non-hydrogen) atoms. The van der Waals surface area contributed by atoms with Crippen molar-refractivity contribution in [1.29, 1.82) is 0 Å². The van der Waals surface area contributed by atoms with Gasteiger partial charge in [-0.25, -0.2) is 4.39 Å². The van der Waals surface area contributed by atoms with Gasteiger partial charge in [0.1, 0.15) is 5.82 Å². The summed E-state index contributed by atoms with van der Waals surface area (Å²) in [5.74, 6) is -0.222. The number of hydrogen-bond acceptors (Lipinski definition) is 1. The van der Waals surface area contributed by atoms with Gasteiger partial charge in [-0.1, -0.05) is 48.5 Å². The van der Waals surface area contributed by atoms with Crippen molar-refractivity contribution in [3.05, 3.63) is 78.1 Å². The van der Waals surface area contributed by atoms with E-state index in [0.29, 0.717) is 0 Å². The standard InChI is InChI=1S/C18H16FN/c1-13(20-16-9-5-8-15(19)12-16)17-11-4-7-14-6-2-3-10-18(14)17/h2-13,20H,1H3. The van der Waals surface area contributed by atoms with Crippen molar-refractivity contribution in [1.82, 2.24) is 0 Å². The number of hydrogen-bond donors (Lipinski definition) is 1. The van der Waals surface area contributed by atoms with Crippen LogP contribution in [0.5, 0.6) is 0 Å². The van der Waals surface area contributed by atoms with Gasteiger partial charge in [0, 0.05) is 11.7 Å². The topological polar surface area (TPSA) is 12.0 Å². The largest absolute Gasteiger partial charge is 0.378 e. The van der Waals surface area contributed by atoms with Crippen molar-refractivity contribution in [3.63, 3.8) is 0 Å². The first-order valence-corrected chi connectivity index (χ1v) is 6.74. The van der Waals surface area contributed by atoms with E-state index in [1.807, 2.05) is 18.2 Å². The second-order valence-electron chi connectivity index (χ2n) is 4.94. The van der Waals surface area contributed by atoms with E-state index in [2.05, 4.69) is 42.6 Å². The molecule has 0 aliphatic heterocycles. The molecule has 3 aromatic carbocycles. The lowest BCUT2D eigenvalue weighted by molar-refractivity contribution is 0.628. The van der Waals surface area contributed by atoms with E-state index in [0.717, 1.165) is 5.69 Å². The summed E-state index contributed by atoms with van der Waals surface area (Å²) >= 11 is 0. The molecule has 0 aliphatic carbocycles. The first kappa shape index (κ1) is 12.7. The Labute approximate surface area is 118 Å². The van der Waals surface area contributed by atoms with Gasteiger partial charge in [0.15, 0.2) is 0 Å². The second-order valence-corrected chi connectivity index (χ2v) is 4.94. The van der Waals surface area contributed by atoms with E-state index in [1.54, 1.807) is 6.07 Å². The lowest BCUT2D eigenvalue weighted by atomic mass is 9.99. The highest BCUT2D eigenvalue weighted by Gasteiger charge is 2.09. The molecule has 3 rings (SSSR count). The molecule has 0 fully saturated rings. The molecular formula is C18H16FN. The molecule has 0 radical (unpaired) electrons. The number of rotatable bonds is 3. The predicted molar refractivity (Wildman–Crippen MR) is 82.4 cm³/mol. The number of halogens is 1. The van der Waals surface area contributed by atoms with Crippen molar-refractivity contribution in [3.8, 4) is 0 Å². The van der Waals surface area contributed by atoms with Crippen LogP contribution in [0.3, 0.4) is 0 Å². The van der Waals surface area contributed by atoms with Gasteiger partial charge in [-0.2, -0.15) is 0 Å². The third kappa shape index (κ3) is 2.50. The summed E-state index contributed by atoms with van der Waals surface area (Å²) in [5.41, 5.74) is 2.01. The Hall–Kier alpha value is -2.35. The van der Waals surface area contributed by atoms with Crippen molar-refractivity contribution < 1.29 is 4.39 Å². The van der Waals surface area contributed by atoms with Crippen LogP contribution in [-0.4, -0.2) is 0 Å². The molecule has 0 bridgehead atoms. The highest BCUT2D eigenvalue weighted by molar-refractivity contribution is 5.86. The van der Waals surface area contributed by atoms with Crippen molar-refractivity contribution in [2.24, 2.45) is 0 Å². The molecule has 0 spiro atoms. The van der Waals surface area contributed by atoms with Gasteiger partial charge in [0.25, 0.3) is 0 Å². The van der Waals surface area contributed by atoms with Gasteiger partial charge in [0.05, 0.1) is 0 Å². The van der Waals surface area contributed by atoms with E-state index in [1.165, 1.54) is 28.5 Å². The molecule has 0 aliphatic rings. The highest BCUT2D eigenvalue weighted by atomic mass is 19.1. The molecule has 100 valence electrons. The molecule has 1 atom stereocenters. The van der Waals surface area contributed by atoms with Crippen molar-refractivity contribution in [2.75, 3.05) is 5.32 Å². The van der Waals surface area contributed by atoms with Crippen LogP contribution in [0.1, 0.15) is 18.5 Å². The molecule has 1 N–H and O–H groups in total. The summed E-state index contributed by atoms with van der Waals surface area (Å²) in [6.07, 6.45) is 0. The van der Waals surface area contributed by atoms with E-state index in [-0.39, 0.29) is 11.9 Å². The van der Waals surface area contributed by atoms with Crippen LogP contribution in [0, 0.1) is 5.82 Å². The van der Waals surface area contributed by atoms with Crippen LogP contribution < -0.4 is 5.32 Å². The maximum atomic E-state index is 13.2. The predicted octanol–water partition coefficient (Wildman–Crippen LogP) is 5.15. The minimum atomic E-state index is -0.222. The van der Waals surface area contributed by atoms with Crippen LogP contribution in [0.2, 0.25) is 0 Å². The van der Waals surface area contributed by atoms with Crippen molar-refractivity contribution in [2.45, 2.75) is 13.0 Å². The Bertz CT molecular complexity index is 731. The Morgan fingerprint density at radius 2 is 1.65 bits per heavy atom. The van der Waals surface area contributed by atoms with Crippen LogP contribution in [0.25, 0.3) is 10.8 Å². The van der Waals surface area contributed by atoms with Crippen LogP contribution >= 0.6 is 0 Å². The Balaban J connectivity index is 1.94. The number of nitrogens with one attached hydrogen (secondary N) is 1.